The second-order valence-corrected chi connectivity index (χ2v) is 6.90. The van der Waals surface area contributed by atoms with Crippen molar-refractivity contribution in [3.05, 3.63) is 29.8 Å². The van der Waals surface area contributed by atoms with Gasteiger partial charge >= 0.3 is 0 Å². The van der Waals surface area contributed by atoms with Crippen LogP contribution in [0.4, 0.5) is 5.69 Å². The SMILES string of the molecule is CC(C)(C)c1ccc(N2CC(Br)CC2=O)cc1. The van der Waals surface area contributed by atoms with Gasteiger partial charge < -0.3 is 4.90 Å². The molecule has 0 radical (unpaired) electrons. The summed E-state index contributed by atoms with van der Waals surface area (Å²) >= 11 is 3.50. The summed E-state index contributed by atoms with van der Waals surface area (Å²) in [4.78, 5) is 13.9. The van der Waals surface area contributed by atoms with Crippen molar-refractivity contribution in [2.45, 2.75) is 37.4 Å². The Bertz CT molecular complexity index is 419. The Morgan fingerprint density at radius 2 is 1.82 bits per heavy atom. The molecule has 0 spiro atoms. The van der Waals surface area contributed by atoms with Crippen molar-refractivity contribution in [2.75, 3.05) is 11.4 Å². The Morgan fingerprint density at radius 1 is 1.24 bits per heavy atom. The molecular weight excluding hydrogens is 278 g/mol. The fraction of sp³-hybridized carbons (Fsp3) is 0.500. The molecule has 0 aromatic heterocycles. The van der Waals surface area contributed by atoms with Crippen molar-refractivity contribution in [3.8, 4) is 0 Å². The molecule has 92 valence electrons. The Labute approximate surface area is 111 Å². The van der Waals surface area contributed by atoms with E-state index in [1.165, 1.54) is 5.56 Å². The number of benzene rings is 1. The van der Waals surface area contributed by atoms with E-state index in [2.05, 4.69) is 48.8 Å². The summed E-state index contributed by atoms with van der Waals surface area (Å²) in [7, 11) is 0. The zero-order chi connectivity index (χ0) is 12.6. The van der Waals surface area contributed by atoms with Gasteiger partial charge in [0.2, 0.25) is 5.91 Å². The average molecular weight is 296 g/mol. The average Bonchev–Trinajstić information content (AvgIpc) is 2.57. The first-order valence-electron chi connectivity index (χ1n) is 5.93. The number of hydrogen-bond donors (Lipinski definition) is 0. The van der Waals surface area contributed by atoms with Crippen LogP contribution < -0.4 is 4.90 Å². The van der Waals surface area contributed by atoms with Crippen LogP contribution in [0.1, 0.15) is 32.8 Å². The highest BCUT2D eigenvalue weighted by Crippen LogP contribution is 2.28. The monoisotopic (exact) mass is 295 g/mol. The largest absolute Gasteiger partial charge is 0.311 e. The van der Waals surface area contributed by atoms with Gasteiger partial charge in [-0.05, 0) is 23.1 Å². The maximum absolute atomic E-state index is 11.8. The van der Waals surface area contributed by atoms with Crippen molar-refractivity contribution in [1.29, 1.82) is 0 Å². The molecule has 2 nitrogen and oxygen atoms in total. The summed E-state index contributed by atoms with van der Waals surface area (Å²) in [6.45, 7) is 7.35. The molecule has 1 aromatic carbocycles. The maximum Gasteiger partial charge on any atom is 0.228 e. The maximum atomic E-state index is 11.8. The van der Waals surface area contributed by atoms with Gasteiger partial charge in [-0.25, -0.2) is 0 Å². The van der Waals surface area contributed by atoms with E-state index in [0.29, 0.717) is 6.42 Å². The third kappa shape index (κ3) is 2.71. The first-order valence-corrected chi connectivity index (χ1v) is 6.84. The molecule has 17 heavy (non-hydrogen) atoms. The smallest absolute Gasteiger partial charge is 0.228 e. The third-order valence-corrected chi connectivity index (χ3v) is 3.74. The Hall–Kier alpha value is -0.830. The second-order valence-electron chi connectivity index (χ2n) is 5.60. The molecule has 1 aliphatic heterocycles. The van der Waals surface area contributed by atoms with Crippen LogP contribution in [-0.4, -0.2) is 17.3 Å². The molecule has 1 heterocycles. The van der Waals surface area contributed by atoms with E-state index >= 15 is 0 Å². The number of halogens is 1. The molecule has 0 aliphatic carbocycles. The lowest BCUT2D eigenvalue weighted by Crippen LogP contribution is -2.24. The quantitative estimate of drug-likeness (QED) is 0.727. The summed E-state index contributed by atoms with van der Waals surface area (Å²) in [5.41, 5.74) is 2.46. The van der Waals surface area contributed by atoms with Gasteiger partial charge in [-0.3, -0.25) is 4.79 Å². The van der Waals surface area contributed by atoms with Crippen molar-refractivity contribution in [1.82, 2.24) is 0 Å². The summed E-state index contributed by atoms with van der Waals surface area (Å²) in [5.74, 6) is 0.204. The lowest BCUT2D eigenvalue weighted by atomic mass is 9.87. The van der Waals surface area contributed by atoms with E-state index in [9.17, 15) is 4.79 Å². The molecular formula is C14H18BrNO. The Balaban J connectivity index is 2.22. The summed E-state index contributed by atoms with van der Waals surface area (Å²) < 4.78 is 0. The van der Waals surface area contributed by atoms with Crippen LogP contribution in [0.3, 0.4) is 0 Å². The number of carbonyl (C=O) groups excluding carboxylic acids is 1. The lowest BCUT2D eigenvalue weighted by Gasteiger charge is -2.21. The van der Waals surface area contributed by atoms with Crippen LogP contribution in [-0.2, 0) is 10.2 Å². The molecule has 1 fully saturated rings. The highest BCUT2D eigenvalue weighted by Gasteiger charge is 2.28. The molecule has 2 rings (SSSR count). The Morgan fingerprint density at radius 3 is 2.24 bits per heavy atom. The van der Waals surface area contributed by atoms with Gasteiger partial charge in [-0.1, -0.05) is 48.8 Å². The first-order chi connectivity index (χ1) is 7.88. The van der Waals surface area contributed by atoms with Gasteiger partial charge in [-0.15, -0.1) is 0 Å². The number of amides is 1. The molecule has 1 aromatic rings. The van der Waals surface area contributed by atoms with Gasteiger partial charge in [0.15, 0.2) is 0 Å². The zero-order valence-electron chi connectivity index (χ0n) is 10.5. The van der Waals surface area contributed by atoms with E-state index in [4.69, 9.17) is 0 Å². The standard InChI is InChI=1S/C14H18BrNO/c1-14(2,3)10-4-6-12(7-5-10)16-9-11(15)8-13(16)17/h4-7,11H,8-9H2,1-3H3. The molecule has 3 heteroatoms. The predicted molar refractivity (Wildman–Crippen MR) is 74.8 cm³/mol. The van der Waals surface area contributed by atoms with E-state index < -0.39 is 0 Å². The molecule has 1 aliphatic rings. The summed E-state index contributed by atoms with van der Waals surface area (Å²) in [6, 6.07) is 8.32. The third-order valence-electron chi connectivity index (χ3n) is 3.12. The first kappa shape index (κ1) is 12.6. The van der Waals surface area contributed by atoms with E-state index in [0.717, 1.165) is 12.2 Å². The normalized spacial score (nSPS) is 21.1. The highest BCUT2D eigenvalue weighted by atomic mass is 79.9. The minimum atomic E-state index is 0.158. The summed E-state index contributed by atoms with van der Waals surface area (Å²) in [5, 5.41) is 0. The van der Waals surface area contributed by atoms with E-state index in [-0.39, 0.29) is 16.1 Å². The molecule has 1 unspecified atom stereocenters. The summed E-state index contributed by atoms with van der Waals surface area (Å²) in [6.07, 6.45) is 0.598. The van der Waals surface area contributed by atoms with Gasteiger partial charge in [0.25, 0.3) is 0 Å². The topological polar surface area (TPSA) is 20.3 Å². The predicted octanol–water partition coefficient (Wildman–Crippen LogP) is 3.48. The number of carbonyl (C=O) groups is 1. The van der Waals surface area contributed by atoms with Gasteiger partial charge in [-0.2, -0.15) is 0 Å². The molecule has 1 saturated heterocycles. The minimum Gasteiger partial charge on any atom is -0.311 e. The van der Waals surface area contributed by atoms with Crippen LogP contribution in [0.15, 0.2) is 24.3 Å². The van der Waals surface area contributed by atoms with Crippen LogP contribution in [0.25, 0.3) is 0 Å². The molecule has 0 bridgehead atoms. The minimum absolute atomic E-state index is 0.158. The molecule has 0 saturated carbocycles. The number of rotatable bonds is 1. The lowest BCUT2D eigenvalue weighted by molar-refractivity contribution is -0.117. The van der Waals surface area contributed by atoms with Gasteiger partial charge in [0, 0.05) is 23.5 Å². The van der Waals surface area contributed by atoms with Crippen LogP contribution in [0.5, 0.6) is 0 Å². The number of alkyl halides is 1. The second kappa shape index (κ2) is 4.45. The Kier molecular flexibility index (Phi) is 3.30. The van der Waals surface area contributed by atoms with Crippen molar-refractivity contribution >= 4 is 27.5 Å². The fourth-order valence-corrected chi connectivity index (χ4v) is 2.62. The van der Waals surface area contributed by atoms with E-state index in [1.54, 1.807) is 0 Å². The van der Waals surface area contributed by atoms with Gasteiger partial charge in [0.1, 0.15) is 0 Å². The molecule has 1 amide bonds. The number of nitrogens with zero attached hydrogens (tertiary/aromatic N) is 1. The van der Waals surface area contributed by atoms with Crippen LogP contribution in [0.2, 0.25) is 0 Å². The number of hydrogen-bond acceptors (Lipinski definition) is 1. The number of anilines is 1. The van der Waals surface area contributed by atoms with Crippen molar-refractivity contribution in [3.63, 3.8) is 0 Å². The molecule has 0 N–H and O–H groups in total. The van der Waals surface area contributed by atoms with E-state index in [1.807, 2.05) is 17.0 Å². The molecule has 1 atom stereocenters. The van der Waals surface area contributed by atoms with Gasteiger partial charge in [0.05, 0.1) is 0 Å². The fourth-order valence-electron chi connectivity index (χ4n) is 2.05. The van der Waals surface area contributed by atoms with Crippen LogP contribution in [0, 0.1) is 0 Å². The van der Waals surface area contributed by atoms with Crippen molar-refractivity contribution < 1.29 is 4.79 Å². The zero-order valence-corrected chi connectivity index (χ0v) is 12.1. The highest BCUT2D eigenvalue weighted by molar-refractivity contribution is 9.09. The van der Waals surface area contributed by atoms with Crippen LogP contribution >= 0.6 is 15.9 Å². The van der Waals surface area contributed by atoms with Crippen molar-refractivity contribution in [2.24, 2.45) is 0 Å².